The van der Waals surface area contributed by atoms with E-state index in [1.165, 1.54) is 23.9 Å². The summed E-state index contributed by atoms with van der Waals surface area (Å²) in [6, 6.07) is 10.2. The number of anilines is 1. The first-order valence-corrected chi connectivity index (χ1v) is 6.91. The van der Waals surface area contributed by atoms with Crippen LogP contribution in [0.1, 0.15) is 10.4 Å². The Morgan fingerprint density at radius 2 is 1.78 bits per heavy atom. The lowest BCUT2D eigenvalue weighted by Crippen LogP contribution is -2.37. The fourth-order valence-corrected chi connectivity index (χ4v) is 2.33. The van der Waals surface area contributed by atoms with E-state index in [0.717, 1.165) is 4.57 Å². The zero-order chi connectivity index (χ0) is 16.6. The Bertz CT molecular complexity index is 1020. The number of pyridine rings is 1. The number of hydrogen-bond acceptors (Lipinski definition) is 4. The van der Waals surface area contributed by atoms with Crippen molar-refractivity contribution in [2.24, 2.45) is 14.1 Å². The molecule has 1 N–H and O–H groups in total. The van der Waals surface area contributed by atoms with Gasteiger partial charge in [-0.15, -0.1) is 0 Å². The second-order valence-corrected chi connectivity index (χ2v) is 5.12. The minimum absolute atomic E-state index is 0.264. The van der Waals surface area contributed by atoms with Crippen molar-refractivity contribution in [1.82, 2.24) is 14.1 Å². The highest BCUT2D eigenvalue weighted by Gasteiger charge is 2.12. The number of fused-ring (bicyclic) bond motifs is 1. The van der Waals surface area contributed by atoms with Crippen molar-refractivity contribution < 1.29 is 4.79 Å². The SMILES string of the molecule is Cn1c(=O)c2cc(NC(=O)c3ccccc3)cnc2n(C)c1=O. The molecule has 0 spiro atoms. The molecule has 116 valence electrons. The first-order chi connectivity index (χ1) is 11.0. The number of rotatable bonds is 2. The van der Waals surface area contributed by atoms with Crippen LogP contribution in [-0.4, -0.2) is 20.0 Å². The van der Waals surface area contributed by atoms with Crippen molar-refractivity contribution in [2.75, 3.05) is 5.32 Å². The maximum atomic E-state index is 12.2. The highest BCUT2D eigenvalue weighted by Crippen LogP contribution is 2.13. The van der Waals surface area contributed by atoms with Crippen molar-refractivity contribution in [3.8, 4) is 0 Å². The molecule has 0 bridgehead atoms. The highest BCUT2D eigenvalue weighted by atomic mass is 16.2. The first-order valence-electron chi connectivity index (χ1n) is 6.91. The van der Waals surface area contributed by atoms with Gasteiger partial charge in [-0.05, 0) is 18.2 Å². The number of amides is 1. The summed E-state index contributed by atoms with van der Waals surface area (Å²) in [6.07, 6.45) is 1.42. The quantitative estimate of drug-likeness (QED) is 0.761. The number of aromatic nitrogens is 3. The average Bonchev–Trinajstić information content (AvgIpc) is 2.58. The van der Waals surface area contributed by atoms with Gasteiger partial charge in [-0.3, -0.25) is 18.7 Å². The highest BCUT2D eigenvalue weighted by molar-refractivity contribution is 6.04. The summed E-state index contributed by atoms with van der Waals surface area (Å²) in [7, 11) is 2.94. The molecular weight excluding hydrogens is 296 g/mol. The van der Waals surface area contributed by atoms with Gasteiger partial charge in [0, 0.05) is 19.7 Å². The third-order valence-electron chi connectivity index (χ3n) is 3.59. The molecule has 3 rings (SSSR count). The van der Waals surface area contributed by atoms with E-state index in [9.17, 15) is 14.4 Å². The molecule has 7 heteroatoms. The Morgan fingerprint density at radius 3 is 2.48 bits per heavy atom. The fraction of sp³-hybridized carbons (Fsp3) is 0.125. The predicted molar refractivity (Wildman–Crippen MR) is 86.6 cm³/mol. The van der Waals surface area contributed by atoms with E-state index in [-0.39, 0.29) is 16.9 Å². The van der Waals surface area contributed by atoms with Gasteiger partial charge < -0.3 is 5.32 Å². The maximum absolute atomic E-state index is 12.2. The molecule has 1 amide bonds. The summed E-state index contributed by atoms with van der Waals surface area (Å²) >= 11 is 0. The zero-order valence-corrected chi connectivity index (χ0v) is 12.6. The van der Waals surface area contributed by atoms with Crippen molar-refractivity contribution >= 4 is 22.6 Å². The standard InChI is InChI=1S/C16H14N4O3/c1-19-13-12(15(22)20(2)16(19)23)8-11(9-17-13)18-14(21)10-6-4-3-5-7-10/h3-9H,1-2H3,(H,18,21). The Hall–Kier alpha value is -3.22. The fourth-order valence-electron chi connectivity index (χ4n) is 2.33. The van der Waals surface area contributed by atoms with Crippen LogP contribution in [0.4, 0.5) is 5.69 Å². The Labute approximate surface area is 130 Å². The summed E-state index contributed by atoms with van der Waals surface area (Å²) in [4.78, 5) is 40.3. The summed E-state index contributed by atoms with van der Waals surface area (Å²) in [5, 5.41) is 2.96. The molecule has 7 nitrogen and oxygen atoms in total. The maximum Gasteiger partial charge on any atom is 0.332 e. The van der Waals surface area contributed by atoms with Crippen LogP contribution in [0, 0.1) is 0 Å². The van der Waals surface area contributed by atoms with Crippen molar-refractivity contribution in [3.63, 3.8) is 0 Å². The van der Waals surface area contributed by atoms with Crippen molar-refractivity contribution in [2.45, 2.75) is 0 Å². The summed E-state index contributed by atoms with van der Waals surface area (Å²) in [6.45, 7) is 0. The molecule has 0 atom stereocenters. The van der Waals surface area contributed by atoms with Crippen LogP contribution in [0.3, 0.4) is 0 Å². The van der Waals surface area contributed by atoms with Gasteiger partial charge in [-0.25, -0.2) is 9.78 Å². The number of nitrogens with zero attached hydrogens (tertiary/aromatic N) is 3. The molecule has 0 aliphatic carbocycles. The molecule has 2 aromatic heterocycles. The van der Waals surface area contributed by atoms with E-state index in [1.807, 2.05) is 6.07 Å². The van der Waals surface area contributed by atoms with Gasteiger partial charge in [0.15, 0.2) is 0 Å². The molecule has 0 unspecified atom stereocenters. The topological polar surface area (TPSA) is 86.0 Å². The van der Waals surface area contributed by atoms with Gasteiger partial charge in [-0.1, -0.05) is 18.2 Å². The molecule has 0 fully saturated rings. The minimum Gasteiger partial charge on any atom is -0.321 e. The Morgan fingerprint density at radius 1 is 1.09 bits per heavy atom. The molecular formula is C16H14N4O3. The Kier molecular flexibility index (Phi) is 3.53. The number of carbonyl (C=O) groups is 1. The van der Waals surface area contributed by atoms with Crippen LogP contribution in [0.25, 0.3) is 11.0 Å². The number of hydrogen-bond donors (Lipinski definition) is 1. The minimum atomic E-state index is -0.452. The van der Waals surface area contributed by atoms with E-state index in [2.05, 4.69) is 10.3 Å². The summed E-state index contributed by atoms with van der Waals surface area (Å²) < 4.78 is 2.30. The van der Waals surface area contributed by atoms with Gasteiger partial charge in [-0.2, -0.15) is 0 Å². The van der Waals surface area contributed by atoms with Crippen LogP contribution in [0.15, 0.2) is 52.2 Å². The van der Waals surface area contributed by atoms with E-state index < -0.39 is 11.2 Å². The van der Waals surface area contributed by atoms with Crippen LogP contribution in [0.5, 0.6) is 0 Å². The van der Waals surface area contributed by atoms with Crippen molar-refractivity contribution in [3.05, 3.63) is 69.0 Å². The molecule has 1 aromatic carbocycles. The third kappa shape index (κ3) is 2.52. The Balaban J connectivity index is 2.06. The lowest BCUT2D eigenvalue weighted by atomic mass is 10.2. The molecule has 0 saturated heterocycles. The summed E-state index contributed by atoms with van der Waals surface area (Å²) in [5.74, 6) is -0.298. The normalized spacial score (nSPS) is 10.7. The van der Waals surface area contributed by atoms with Crippen LogP contribution in [0.2, 0.25) is 0 Å². The first kappa shape index (κ1) is 14.7. The van der Waals surface area contributed by atoms with Gasteiger partial charge in [0.2, 0.25) is 0 Å². The van der Waals surface area contributed by atoms with E-state index >= 15 is 0 Å². The van der Waals surface area contributed by atoms with Gasteiger partial charge in [0.1, 0.15) is 5.65 Å². The van der Waals surface area contributed by atoms with Crippen LogP contribution >= 0.6 is 0 Å². The van der Waals surface area contributed by atoms with Crippen LogP contribution < -0.4 is 16.6 Å². The number of carbonyl (C=O) groups excluding carboxylic acids is 1. The largest absolute Gasteiger partial charge is 0.332 e. The second kappa shape index (κ2) is 5.53. The molecule has 23 heavy (non-hydrogen) atoms. The van der Waals surface area contributed by atoms with E-state index in [4.69, 9.17) is 0 Å². The molecule has 0 aliphatic rings. The molecule has 3 aromatic rings. The number of nitrogens with one attached hydrogen (secondary N) is 1. The van der Waals surface area contributed by atoms with E-state index in [1.54, 1.807) is 31.3 Å². The van der Waals surface area contributed by atoms with E-state index in [0.29, 0.717) is 11.3 Å². The predicted octanol–water partition coefficient (Wildman–Crippen LogP) is 0.884. The zero-order valence-electron chi connectivity index (χ0n) is 12.6. The average molecular weight is 310 g/mol. The van der Waals surface area contributed by atoms with Crippen molar-refractivity contribution in [1.29, 1.82) is 0 Å². The van der Waals surface area contributed by atoms with Gasteiger partial charge in [0.25, 0.3) is 11.5 Å². The molecule has 0 aliphatic heterocycles. The second-order valence-electron chi connectivity index (χ2n) is 5.12. The van der Waals surface area contributed by atoms with Gasteiger partial charge >= 0.3 is 5.69 Å². The lowest BCUT2D eigenvalue weighted by Gasteiger charge is -2.09. The number of aryl methyl sites for hydroxylation is 1. The molecule has 0 saturated carbocycles. The smallest absolute Gasteiger partial charge is 0.321 e. The third-order valence-corrected chi connectivity index (χ3v) is 3.59. The summed E-state index contributed by atoms with van der Waals surface area (Å²) in [5.41, 5.74) is 0.265. The lowest BCUT2D eigenvalue weighted by molar-refractivity contribution is 0.102. The molecule has 0 radical (unpaired) electrons. The number of benzene rings is 1. The monoisotopic (exact) mass is 310 g/mol. The van der Waals surface area contributed by atoms with Crippen LogP contribution in [-0.2, 0) is 14.1 Å². The van der Waals surface area contributed by atoms with Gasteiger partial charge in [0.05, 0.1) is 17.3 Å². The molecule has 2 heterocycles.